The Morgan fingerprint density at radius 2 is 1.79 bits per heavy atom. The topological polar surface area (TPSA) is 96.2 Å². The van der Waals surface area contributed by atoms with Crippen LogP contribution in [0.2, 0.25) is 0 Å². The summed E-state index contributed by atoms with van der Waals surface area (Å²) in [6.45, 7) is 3.03. The molecule has 4 rings (SSSR count). The summed E-state index contributed by atoms with van der Waals surface area (Å²) < 4.78 is 17.4. The third-order valence-corrected chi connectivity index (χ3v) is 6.30. The van der Waals surface area contributed by atoms with Gasteiger partial charge in [-0.15, -0.1) is 0 Å². The maximum atomic E-state index is 13.6. The molecule has 0 unspecified atom stereocenters. The molecule has 0 aliphatic carbocycles. The van der Waals surface area contributed by atoms with Crippen LogP contribution in [0.25, 0.3) is 6.08 Å². The Bertz CT molecular complexity index is 1480. The number of methoxy groups -OCH3 is 2. The molecule has 1 aliphatic heterocycles. The average Bonchev–Trinajstić information content (AvgIpc) is 3.13. The van der Waals surface area contributed by atoms with E-state index in [-0.39, 0.29) is 11.1 Å². The minimum Gasteiger partial charge on any atom is -0.497 e. The number of thiazole rings is 1. The number of aromatic nitrogens is 1. The first-order valence-corrected chi connectivity index (χ1v) is 11.2. The molecule has 0 bridgehead atoms. The molecular weight excluding hydrogens is 456 g/mol. The Morgan fingerprint density at radius 3 is 2.44 bits per heavy atom. The van der Waals surface area contributed by atoms with Gasteiger partial charge in [-0.2, -0.15) is 0 Å². The number of fused-ring (bicyclic) bond motifs is 1. The Morgan fingerprint density at radius 1 is 1.09 bits per heavy atom. The van der Waals surface area contributed by atoms with Crippen molar-refractivity contribution < 1.29 is 23.8 Å². The lowest BCUT2D eigenvalue weighted by atomic mass is 9.96. The fraction of sp³-hybridized carbons (Fsp3) is 0.200. The summed E-state index contributed by atoms with van der Waals surface area (Å²) in [7, 11) is 2.86. The number of carbonyl (C=O) groups is 2. The lowest BCUT2D eigenvalue weighted by Gasteiger charge is -2.24. The molecule has 9 heteroatoms. The SMILES string of the molecule is COC(=O)C1=C(C)N=c2sc(=Cc3ccccc3OC(C)=O)c(=O)n2[C@@H]1c1ccc(OC)cc1. The van der Waals surface area contributed by atoms with Crippen molar-refractivity contribution in [3.8, 4) is 11.5 Å². The van der Waals surface area contributed by atoms with Crippen LogP contribution in [0.3, 0.4) is 0 Å². The van der Waals surface area contributed by atoms with Gasteiger partial charge >= 0.3 is 11.9 Å². The van der Waals surface area contributed by atoms with Crippen LogP contribution in [-0.2, 0) is 14.3 Å². The third-order valence-electron chi connectivity index (χ3n) is 5.32. The second-order valence-electron chi connectivity index (χ2n) is 7.48. The summed E-state index contributed by atoms with van der Waals surface area (Å²) in [4.78, 5) is 42.8. The predicted molar refractivity (Wildman–Crippen MR) is 127 cm³/mol. The lowest BCUT2D eigenvalue weighted by Crippen LogP contribution is -2.39. The third kappa shape index (κ3) is 4.29. The molecule has 0 spiro atoms. The van der Waals surface area contributed by atoms with Gasteiger partial charge in [0, 0.05) is 12.5 Å². The predicted octanol–water partition coefficient (Wildman–Crippen LogP) is 2.34. The van der Waals surface area contributed by atoms with E-state index in [0.29, 0.717) is 37.7 Å². The first-order chi connectivity index (χ1) is 16.3. The van der Waals surface area contributed by atoms with Crippen molar-refractivity contribution in [3.63, 3.8) is 0 Å². The zero-order valence-electron chi connectivity index (χ0n) is 19.0. The molecule has 0 radical (unpaired) electrons. The number of carbonyl (C=O) groups excluding carboxylic acids is 2. The molecule has 1 aromatic heterocycles. The number of hydrogen-bond acceptors (Lipinski definition) is 8. The van der Waals surface area contributed by atoms with Crippen molar-refractivity contribution in [1.29, 1.82) is 0 Å². The number of esters is 2. The lowest BCUT2D eigenvalue weighted by molar-refractivity contribution is -0.136. The second-order valence-corrected chi connectivity index (χ2v) is 8.49. The Kier molecular flexibility index (Phi) is 6.47. The van der Waals surface area contributed by atoms with E-state index >= 15 is 0 Å². The zero-order valence-corrected chi connectivity index (χ0v) is 19.8. The van der Waals surface area contributed by atoms with Crippen molar-refractivity contribution in [2.24, 2.45) is 4.99 Å². The van der Waals surface area contributed by atoms with Crippen molar-refractivity contribution in [2.75, 3.05) is 14.2 Å². The Hall–Kier alpha value is -3.98. The van der Waals surface area contributed by atoms with Crippen LogP contribution in [0.15, 0.2) is 69.6 Å². The van der Waals surface area contributed by atoms with Gasteiger partial charge in [-0.05, 0) is 36.8 Å². The van der Waals surface area contributed by atoms with E-state index in [1.807, 2.05) is 0 Å². The highest BCUT2D eigenvalue weighted by molar-refractivity contribution is 7.07. The van der Waals surface area contributed by atoms with E-state index in [1.165, 1.54) is 29.9 Å². The molecule has 34 heavy (non-hydrogen) atoms. The molecule has 8 nitrogen and oxygen atoms in total. The highest BCUT2D eigenvalue weighted by Crippen LogP contribution is 2.31. The summed E-state index contributed by atoms with van der Waals surface area (Å²) >= 11 is 1.19. The van der Waals surface area contributed by atoms with Gasteiger partial charge in [0.15, 0.2) is 4.80 Å². The number of para-hydroxylation sites is 1. The average molecular weight is 479 g/mol. The molecule has 0 saturated carbocycles. The molecule has 174 valence electrons. The summed E-state index contributed by atoms with van der Waals surface area (Å²) in [6, 6.07) is 13.4. The van der Waals surface area contributed by atoms with Crippen LogP contribution >= 0.6 is 11.3 Å². The van der Waals surface area contributed by atoms with Crippen LogP contribution in [0.1, 0.15) is 31.0 Å². The van der Waals surface area contributed by atoms with E-state index in [4.69, 9.17) is 14.2 Å². The van der Waals surface area contributed by atoms with Crippen LogP contribution in [0.4, 0.5) is 0 Å². The first-order valence-electron chi connectivity index (χ1n) is 10.4. The molecule has 1 atom stereocenters. The van der Waals surface area contributed by atoms with Crippen LogP contribution < -0.4 is 24.4 Å². The number of allylic oxidation sites excluding steroid dienone is 1. The van der Waals surface area contributed by atoms with Crippen LogP contribution in [0, 0.1) is 0 Å². The van der Waals surface area contributed by atoms with E-state index in [0.717, 1.165) is 0 Å². The number of ether oxygens (including phenoxy) is 3. The van der Waals surface area contributed by atoms with E-state index < -0.39 is 18.0 Å². The Balaban J connectivity index is 1.94. The standard InChI is InChI=1S/C25H22N2O6S/c1-14-21(24(30)32-4)22(16-9-11-18(31-3)12-10-16)27-23(29)20(34-25(27)26-14)13-17-7-5-6-8-19(17)33-15(2)28/h5-13,22H,1-4H3/t22-/m1/s1. The van der Waals surface area contributed by atoms with Crippen LogP contribution in [0.5, 0.6) is 11.5 Å². The highest BCUT2D eigenvalue weighted by atomic mass is 32.1. The molecule has 1 aliphatic rings. The number of benzene rings is 2. The molecule has 0 amide bonds. The van der Waals surface area contributed by atoms with Gasteiger partial charge in [-0.1, -0.05) is 41.7 Å². The van der Waals surface area contributed by atoms with Gasteiger partial charge in [0.25, 0.3) is 5.56 Å². The molecule has 2 heterocycles. The molecule has 0 fully saturated rings. The molecular formula is C25H22N2O6S. The fourth-order valence-electron chi connectivity index (χ4n) is 3.78. The van der Waals surface area contributed by atoms with E-state index in [2.05, 4.69) is 4.99 Å². The normalized spacial score (nSPS) is 15.4. The summed E-state index contributed by atoms with van der Waals surface area (Å²) in [5, 5.41) is 0. The number of nitrogens with zero attached hydrogens (tertiary/aromatic N) is 2. The highest BCUT2D eigenvalue weighted by Gasteiger charge is 2.33. The van der Waals surface area contributed by atoms with Crippen molar-refractivity contribution in [3.05, 3.63) is 90.6 Å². The fourth-order valence-corrected chi connectivity index (χ4v) is 4.82. The molecule has 2 aromatic carbocycles. The maximum Gasteiger partial charge on any atom is 0.338 e. The zero-order chi connectivity index (χ0) is 24.4. The molecule has 0 N–H and O–H groups in total. The molecule has 3 aromatic rings. The van der Waals surface area contributed by atoms with Crippen molar-refractivity contribution >= 4 is 29.4 Å². The van der Waals surface area contributed by atoms with Gasteiger partial charge in [0.1, 0.15) is 11.5 Å². The van der Waals surface area contributed by atoms with Crippen molar-refractivity contribution in [1.82, 2.24) is 4.57 Å². The smallest absolute Gasteiger partial charge is 0.338 e. The van der Waals surface area contributed by atoms with Crippen LogP contribution in [-0.4, -0.2) is 30.7 Å². The summed E-state index contributed by atoms with van der Waals surface area (Å²) in [6.07, 6.45) is 1.66. The largest absolute Gasteiger partial charge is 0.497 e. The van der Waals surface area contributed by atoms with Gasteiger partial charge in [-0.25, -0.2) is 9.79 Å². The monoisotopic (exact) mass is 478 g/mol. The van der Waals surface area contributed by atoms with Crippen molar-refractivity contribution in [2.45, 2.75) is 19.9 Å². The first kappa shape index (κ1) is 23.2. The van der Waals surface area contributed by atoms with E-state index in [1.54, 1.807) is 68.6 Å². The van der Waals surface area contributed by atoms with Gasteiger partial charge in [0.2, 0.25) is 0 Å². The minimum atomic E-state index is -0.722. The number of hydrogen-bond donors (Lipinski definition) is 0. The van der Waals surface area contributed by atoms with Gasteiger partial charge in [0.05, 0.1) is 36.1 Å². The molecule has 0 saturated heterocycles. The van der Waals surface area contributed by atoms with Gasteiger partial charge in [-0.3, -0.25) is 14.2 Å². The van der Waals surface area contributed by atoms with E-state index in [9.17, 15) is 14.4 Å². The van der Waals surface area contributed by atoms with Gasteiger partial charge < -0.3 is 14.2 Å². The summed E-state index contributed by atoms with van der Waals surface area (Å²) in [5.74, 6) is -0.0192. The maximum absolute atomic E-state index is 13.6. The Labute approximate surface area is 199 Å². The number of rotatable bonds is 5. The minimum absolute atomic E-state index is 0.284. The summed E-state index contributed by atoms with van der Waals surface area (Å²) in [5.41, 5.74) is 1.72. The second kappa shape index (κ2) is 9.48. The quantitative estimate of drug-likeness (QED) is 0.413.